The number of nitrogens with zero attached hydrogens (tertiary/aromatic N) is 2. The largest absolute Gasteiger partial charge is 0.271 e. The van der Waals surface area contributed by atoms with Crippen molar-refractivity contribution >= 4 is 11.6 Å². The monoisotopic (exact) mass is 294 g/mol. The molecule has 0 radical (unpaired) electrons. The third-order valence-electron chi connectivity index (χ3n) is 3.17. The second kappa shape index (κ2) is 6.26. The maximum atomic E-state index is 14.0. The number of nitrogens with one attached hydrogen (secondary N) is 1. The van der Waals surface area contributed by atoms with Gasteiger partial charge in [0.25, 0.3) is 0 Å². The van der Waals surface area contributed by atoms with Gasteiger partial charge in [-0.25, -0.2) is 4.39 Å². The molecule has 0 spiro atoms. The highest BCUT2D eigenvalue weighted by molar-refractivity contribution is 6.30. The maximum absolute atomic E-state index is 14.0. The van der Waals surface area contributed by atoms with Crippen molar-refractivity contribution in [1.29, 1.82) is 0 Å². The van der Waals surface area contributed by atoms with E-state index < -0.39 is 5.82 Å². The van der Waals surface area contributed by atoms with Crippen LogP contribution in [0.4, 0.5) is 4.39 Å². The van der Waals surface area contributed by atoms with Crippen LogP contribution in [0.3, 0.4) is 0 Å². The minimum atomic E-state index is -0.411. The van der Waals surface area contributed by atoms with Crippen molar-refractivity contribution in [3.63, 3.8) is 0 Å². The molecule has 1 atom stereocenters. The molecule has 2 aromatic rings. The molecule has 0 aliphatic carbocycles. The van der Waals surface area contributed by atoms with Crippen LogP contribution in [0.2, 0.25) is 5.02 Å². The summed E-state index contributed by atoms with van der Waals surface area (Å²) in [6.07, 6.45) is 0.384. The fourth-order valence-electron chi connectivity index (χ4n) is 2.11. The first-order valence-electron chi connectivity index (χ1n) is 6.22. The molecular weight excluding hydrogens is 279 g/mol. The molecule has 1 aromatic heterocycles. The Morgan fingerprint density at radius 1 is 1.35 bits per heavy atom. The molecule has 106 valence electrons. The highest BCUT2D eigenvalue weighted by Gasteiger charge is 2.17. The fourth-order valence-corrected chi connectivity index (χ4v) is 2.30. The second-order valence-corrected chi connectivity index (χ2v) is 5.07. The smallest absolute Gasteiger partial charge is 0.145 e. The van der Waals surface area contributed by atoms with E-state index in [1.54, 1.807) is 12.1 Å². The lowest BCUT2D eigenvalue weighted by Gasteiger charge is -2.18. The molecule has 20 heavy (non-hydrogen) atoms. The van der Waals surface area contributed by atoms with Gasteiger partial charge in [0.05, 0.1) is 22.5 Å². The summed E-state index contributed by atoms with van der Waals surface area (Å²) < 4.78 is 14.0. The molecule has 0 fully saturated rings. The summed E-state index contributed by atoms with van der Waals surface area (Å²) in [7, 11) is 0. The molecule has 2 rings (SSSR count). The summed E-state index contributed by atoms with van der Waals surface area (Å²) in [6, 6.07) is 6.58. The van der Waals surface area contributed by atoms with Gasteiger partial charge in [0.15, 0.2) is 0 Å². The standard InChI is InChI=1S/C14H16ClFN4/c1-8-6-11(9(2)20-19-8)13(18-17)7-10-4-3-5-12(15)14(10)16/h3-6,13,18H,7,17H2,1-2H3. The molecule has 0 saturated heterocycles. The number of aryl methyl sites for hydroxylation is 2. The highest BCUT2D eigenvalue weighted by Crippen LogP contribution is 2.24. The van der Waals surface area contributed by atoms with Gasteiger partial charge < -0.3 is 0 Å². The van der Waals surface area contributed by atoms with Gasteiger partial charge in [0, 0.05) is 0 Å². The Hall–Kier alpha value is -1.56. The first-order valence-corrected chi connectivity index (χ1v) is 6.60. The van der Waals surface area contributed by atoms with E-state index in [1.807, 2.05) is 19.9 Å². The molecule has 0 saturated carbocycles. The summed E-state index contributed by atoms with van der Waals surface area (Å²) in [6.45, 7) is 3.70. The van der Waals surface area contributed by atoms with Crippen LogP contribution in [0.15, 0.2) is 24.3 Å². The Bertz CT molecular complexity index is 618. The average molecular weight is 295 g/mol. The van der Waals surface area contributed by atoms with Crippen LogP contribution in [0.1, 0.15) is 28.6 Å². The molecule has 4 nitrogen and oxygen atoms in total. The van der Waals surface area contributed by atoms with Crippen LogP contribution in [-0.2, 0) is 6.42 Å². The molecular formula is C14H16ClFN4. The van der Waals surface area contributed by atoms with Gasteiger partial charge in [0.2, 0.25) is 0 Å². The maximum Gasteiger partial charge on any atom is 0.145 e. The zero-order valence-electron chi connectivity index (χ0n) is 11.3. The van der Waals surface area contributed by atoms with Gasteiger partial charge in [-0.3, -0.25) is 11.3 Å². The Morgan fingerprint density at radius 3 is 2.80 bits per heavy atom. The van der Waals surface area contributed by atoms with E-state index in [2.05, 4.69) is 15.6 Å². The number of hydrogen-bond acceptors (Lipinski definition) is 4. The van der Waals surface area contributed by atoms with Crippen LogP contribution in [0, 0.1) is 19.7 Å². The SMILES string of the molecule is Cc1cc(C(Cc2cccc(Cl)c2F)NN)c(C)nn1. The number of aromatic nitrogens is 2. The highest BCUT2D eigenvalue weighted by atomic mass is 35.5. The van der Waals surface area contributed by atoms with E-state index in [4.69, 9.17) is 17.4 Å². The number of rotatable bonds is 4. The Kier molecular flexibility index (Phi) is 4.65. The molecule has 0 amide bonds. The van der Waals surface area contributed by atoms with E-state index in [0.717, 1.165) is 17.0 Å². The number of benzene rings is 1. The van der Waals surface area contributed by atoms with Crippen molar-refractivity contribution in [2.45, 2.75) is 26.3 Å². The van der Waals surface area contributed by atoms with Crippen molar-refractivity contribution in [2.75, 3.05) is 0 Å². The number of hydrogen-bond donors (Lipinski definition) is 2. The van der Waals surface area contributed by atoms with Crippen LogP contribution < -0.4 is 11.3 Å². The van der Waals surface area contributed by atoms with E-state index >= 15 is 0 Å². The van der Waals surface area contributed by atoms with Gasteiger partial charge in [0.1, 0.15) is 5.82 Å². The molecule has 1 aromatic carbocycles. The first-order chi connectivity index (χ1) is 9.52. The third-order valence-corrected chi connectivity index (χ3v) is 3.46. The van der Waals surface area contributed by atoms with Crippen molar-refractivity contribution < 1.29 is 4.39 Å². The fraction of sp³-hybridized carbons (Fsp3) is 0.286. The predicted molar refractivity (Wildman–Crippen MR) is 76.7 cm³/mol. The molecule has 0 aliphatic heterocycles. The van der Waals surface area contributed by atoms with Gasteiger partial charge in [-0.2, -0.15) is 10.2 Å². The lowest BCUT2D eigenvalue weighted by atomic mass is 9.98. The zero-order valence-corrected chi connectivity index (χ0v) is 12.1. The Labute approximate surface area is 122 Å². The first kappa shape index (κ1) is 14.8. The number of hydrazine groups is 1. The average Bonchev–Trinajstić information content (AvgIpc) is 2.43. The van der Waals surface area contributed by atoms with E-state index in [-0.39, 0.29) is 11.1 Å². The summed E-state index contributed by atoms with van der Waals surface area (Å²) in [5.41, 5.74) is 5.67. The normalized spacial score (nSPS) is 12.4. The molecule has 6 heteroatoms. The van der Waals surface area contributed by atoms with E-state index in [9.17, 15) is 4.39 Å². The summed E-state index contributed by atoms with van der Waals surface area (Å²) >= 11 is 5.79. The van der Waals surface area contributed by atoms with Crippen LogP contribution in [-0.4, -0.2) is 10.2 Å². The Morgan fingerprint density at radius 2 is 2.10 bits per heavy atom. The lowest BCUT2D eigenvalue weighted by Crippen LogP contribution is -2.30. The van der Waals surface area contributed by atoms with Crippen LogP contribution in [0.25, 0.3) is 0 Å². The zero-order chi connectivity index (χ0) is 14.7. The minimum Gasteiger partial charge on any atom is -0.271 e. The molecule has 1 unspecified atom stereocenters. The molecule has 0 bridgehead atoms. The topological polar surface area (TPSA) is 63.8 Å². The summed E-state index contributed by atoms with van der Waals surface area (Å²) in [5, 5.41) is 8.15. The van der Waals surface area contributed by atoms with Crippen molar-refractivity contribution in [3.8, 4) is 0 Å². The van der Waals surface area contributed by atoms with Gasteiger partial charge in [-0.15, -0.1) is 0 Å². The van der Waals surface area contributed by atoms with Gasteiger partial charge in [-0.1, -0.05) is 23.7 Å². The minimum absolute atomic E-state index is 0.110. The van der Waals surface area contributed by atoms with E-state index in [1.165, 1.54) is 6.07 Å². The third kappa shape index (κ3) is 3.12. The van der Waals surface area contributed by atoms with Crippen LogP contribution in [0.5, 0.6) is 0 Å². The predicted octanol–water partition coefficient (Wildman–Crippen LogP) is 2.63. The quantitative estimate of drug-likeness (QED) is 0.672. The lowest BCUT2D eigenvalue weighted by molar-refractivity contribution is 0.523. The van der Waals surface area contributed by atoms with Gasteiger partial charge >= 0.3 is 0 Å². The van der Waals surface area contributed by atoms with Crippen molar-refractivity contribution in [1.82, 2.24) is 15.6 Å². The second-order valence-electron chi connectivity index (χ2n) is 4.66. The van der Waals surface area contributed by atoms with Crippen LogP contribution >= 0.6 is 11.6 Å². The molecule has 1 heterocycles. The summed E-state index contributed by atoms with van der Waals surface area (Å²) in [5.74, 6) is 5.19. The van der Waals surface area contributed by atoms with Gasteiger partial charge in [-0.05, 0) is 43.5 Å². The van der Waals surface area contributed by atoms with E-state index in [0.29, 0.717) is 12.0 Å². The number of halogens is 2. The Balaban J connectivity index is 2.34. The van der Waals surface area contributed by atoms with Crippen molar-refractivity contribution in [3.05, 3.63) is 57.6 Å². The molecule has 0 aliphatic rings. The summed E-state index contributed by atoms with van der Waals surface area (Å²) in [4.78, 5) is 0. The van der Waals surface area contributed by atoms with Crippen molar-refractivity contribution in [2.24, 2.45) is 5.84 Å². The molecule has 3 N–H and O–H groups in total. The number of nitrogens with two attached hydrogens (primary N) is 1.